The number of nitrogen functional groups attached to an aromatic ring is 1. The van der Waals surface area contributed by atoms with Crippen LogP contribution in [0.2, 0.25) is 0 Å². The van der Waals surface area contributed by atoms with Crippen LogP contribution in [-0.4, -0.2) is 18.7 Å². The molecule has 3 N–H and O–H groups in total. The Morgan fingerprint density at radius 3 is 2.89 bits per heavy atom. The number of nitrogens with two attached hydrogens (primary N) is 1. The average molecular weight is 246 g/mol. The minimum absolute atomic E-state index is 0.104. The van der Waals surface area contributed by atoms with Crippen LogP contribution in [0.3, 0.4) is 0 Å². The number of ether oxygens (including phenoxy) is 2. The summed E-state index contributed by atoms with van der Waals surface area (Å²) in [5.41, 5.74) is 6.52. The molecule has 5 nitrogen and oxygen atoms in total. The van der Waals surface area contributed by atoms with E-state index in [1.807, 2.05) is 6.92 Å². The molecular weight excluding hydrogens is 232 g/mol. The summed E-state index contributed by atoms with van der Waals surface area (Å²) in [6.45, 7) is 1.98. The van der Waals surface area contributed by atoms with E-state index in [0.717, 1.165) is 0 Å². The Labute approximate surface area is 105 Å². The molecule has 0 radical (unpaired) electrons. The first-order valence-corrected chi connectivity index (χ1v) is 5.55. The quantitative estimate of drug-likeness (QED) is 0.619. The predicted molar refractivity (Wildman–Crippen MR) is 67.4 cm³/mol. The highest BCUT2D eigenvalue weighted by Crippen LogP contribution is 2.35. The smallest absolute Gasteiger partial charge is 0.253 e. The van der Waals surface area contributed by atoms with Gasteiger partial charge in [-0.25, -0.2) is 0 Å². The van der Waals surface area contributed by atoms with Crippen molar-refractivity contribution >= 4 is 11.6 Å². The fourth-order valence-electron chi connectivity index (χ4n) is 1.68. The fraction of sp³-hybridized carbons (Fsp3) is 0.308. The summed E-state index contributed by atoms with van der Waals surface area (Å²) in [5, 5.41) is 2.77. The maximum absolute atomic E-state index is 12.0. The molecule has 0 fully saturated rings. The van der Waals surface area contributed by atoms with E-state index >= 15 is 0 Å². The Balaban J connectivity index is 2.18. The molecule has 1 aliphatic heterocycles. The van der Waals surface area contributed by atoms with Crippen LogP contribution in [0.5, 0.6) is 11.5 Å². The lowest BCUT2D eigenvalue weighted by atomic mass is 10.1. The summed E-state index contributed by atoms with van der Waals surface area (Å²) in [7, 11) is 0. The molecule has 1 aliphatic rings. The van der Waals surface area contributed by atoms with Crippen molar-refractivity contribution in [1.82, 2.24) is 5.32 Å². The van der Waals surface area contributed by atoms with Crippen molar-refractivity contribution in [3.8, 4) is 23.8 Å². The van der Waals surface area contributed by atoms with Crippen LogP contribution in [-0.2, 0) is 0 Å². The monoisotopic (exact) mass is 246 g/mol. The van der Waals surface area contributed by atoms with Gasteiger partial charge in [0.1, 0.15) is 0 Å². The number of rotatable bonds is 3. The van der Waals surface area contributed by atoms with E-state index in [0.29, 0.717) is 29.2 Å². The van der Waals surface area contributed by atoms with Gasteiger partial charge in [0.25, 0.3) is 5.91 Å². The van der Waals surface area contributed by atoms with E-state index in [-0.39, 0.29) is 18.7 Å². The second kappa shape index (κ2) is 4.88. The highest BCUT2D eigenvalue weighted by molar-refractivity contribution is 6.00. The molecule has 1 aromatic carbocycles. The topological polar surface area (TPSA) is 73.6 Å². The number of hydrogen-bond donors (Lipinski definition) is 2. The molecule has 0 bridgehead atoms. The SMILES string of the molecule is C#CCC(C)NC(=O)c1cc2c(cc1N)OCO2. The van der Waals surface area contributed by atoms with Gasteiger partial charge < -0.3 is 20.5 Å². The minimum atomic E-state index is -0.270. The van der Waals surface area contributed by atoms with Crippen LogP contribution in [0, 0.1) is 12.3 Å². The summed E-state index contributed by atoms with van der Waals surface area (Å²) in [6.07, 6.45) is 5.65. The van der Waals surface area contributed by atoms with Crippen LogP contribution < -0.4 is 20.5 Å². The number of anilines is 1. The number of benzene rings is 1. The molecule has 5 heteroatoms. The Kier molecular flexibility index (Phi) is 3.28. The first-order chi connectivity index (χ1) is 8.61. The van der Waals surface area contributed by atoms with Gasteiger partial charge in [0, 0.05) is 24.2 Å². The molecule has 0 saturated carbocycles. The minimum Gasteiger partial charge on any atom is -0.454 e. The summed E-state index contributed by atoms with van der Waals surface area (Å²) in [5.74, 6) is 3.30. The molecule has 0 aromatic heterocycles. The second-order valence-corrected chi connectivity index (χ2v) is 4.08. The molecular formula is C13H14N2O3. The van der Waals surface area contributed by atoms with Crippen molar-refractivity contribution in [2.75, 3.05) is 12.5 Å². The highest BCUT2D eigenvalue weighted by atomic mass is 16.7. The largest absolute Gasteiger partial charge is 0.454 e. The Morgan fingerprint density at radius 2 is 2.22 bits per heavy atom. The van der Waals surface area contributed by atoms with E-state index in [2.05, 4.69) is 11.2 Å². The van der Waals surface area contributed by atoms with Crippen molar-refractivity contribution in [2.45, 2.75) is 19.4 Å². The molecule has 1 heterocycles. The van der Waals surface area contributed by atoms with Crippen molar-refractivity contribution in [2.24, 2.45) is 0 Å². The van der Waals surface area contributed by atoms with E-state index in [9.17, 15) is 4.79 Å². The molecule has 18 heavy (non-hydrogen) atoms. The van der Waals surface area contributed by atoms with Crippen LogP contribution in [0.4, 0.5) is 5.69 Å². The van der Waals surface area contributed by atoms with Crippen LogP contribution >= 0.6 is 0 Å². The van der Waals surface area contributed by atoms with Gasteiger partial charge in [-0.2, -0.15) is 0 Å². The number of carbonyl (C=O) groups is 1. The third-order valence-corrected chi connectivity index (χ3v) is 2.59. The molecule has 2 rings (SSSR count). The first-order valence-electron chi connectivity index (χ1n) is 5.55. The fourth-order valence-corrected chi connectivity index (χ4v) is 1.68. The third kappa shape index (κ3) is 2.33. The van der Waals surface area contributed by atoms with Crippen LogP contribution in [0.25, 0.3) is 0 Å². The Morgan fingerprint density at radius 1 is 1.56 bits per heavy atom. The summed E-state index contributed by atoms with van der Waals surface area (Å²) in [4.78, 5) is 12.0. The normalized spacial score (nSPS) is 13.8. The molecule has 0 saturated heterocycles. The maximum atomic E-state index is 12.0. The van der Waals surface area contributed by atoms with Crippen molar-refractivity contribution < 1.29 is 14.3 Å². The number of amides is 1. The maximum Gasteiger partial charge on any atom is 0.253 e. The van der Waals surface area contributed by atoms with Crippen LogP contribution in [0.15, 0.2) is 12.1 Å². The van der Waals surface area contributed by atoms with Crippen LogP contribution in [0.1, 0.15) is 23.7 Å². The van der Waals surface area contributed by atoms with E-state index in [1.165, 1.54) is 0 Å². The number of hydrogen-bond acceptors (Lipinski definition) is 4. The molecule has 0 spiro atoms. The molecule has 1 atom stereocenters. The molecule has 0 aliphatic carbocycles. The average Bonchev–Trinajstić information content (AvgIpc) is 2.74. The molecule has 1 aromatic rings. The lowest BCUT2D eigenvalue weighted by Gasteiger charge is -2.12. The molecule has 1 amide bonds. The molecule has 94 valence electrons. The van der Waals surface area contributed by atoms with Gasteiger partial charge in [0.15, 0.2) is 11.5 Å². The summed E-state index contributed by atoms with van der Waals surface area (Å²) in [6, 6.07) is 3.06. The van der Waals surface area contributed by atoms with Crippen molar-refractivity contribution in [3.05, 3.63) is 17.7 Å². The number of fused-ring (bicyclic) bond motifs is 1. The zero-order chi connectivity index (χ0) is 13.1. The summed E-state index contributed by atoms with van der Waals surface area (Å²) < 4.78 is 10.4. The van der Waals surface area contributed by atoms with E-state index in [4.69, 9.17) is 21.6 Å². The Bertz CT molecular complexity index is 520. The van der Waals surface area contributed by atoms with E-state index in [1.54, 1.807) is 12.1 Å². The van der Waals surface area contributed by atoms with Gasteiger partial charge in [0.05, 0.1) is 5.56 Å². The van der Waals surface area contributed by atoms with Gasteiger partial charge in [-0.1, -0.05) is 0 Å². The van der Waals surface area contributed by atoms with Gasteiger partial charge in [-0.05, 0) is 13.0 Å². The van der Waals surface area contributed by atoms with Gasteiger partial charge in [-0.3, -0.25) is 4.79 Å². The van der Waals surface area contributed by atoms with Gasteiger partial charge in [-0.15, -0.1) is 12.3 Å². The van der Waals surface area contributed by atoms with E-state index < -0.39 is 0 Å². The number of terminal acetylenes is 1. The first kappa shape index (κ1) is 12.1. The van der Waals surface area contributed by atoms with Gasteiger partial charge >= 0.3 is 0 Å². The van der Waals surface area contributed by atoms with Gasteiger partial charge in [0.2, 0.25) is 6.79 Å². The number of carbonyl (C=O) groups excluding carboxylic acids is 1. The third-order valence-electron chi connectivity index (χ3n) is 2.59. The zero-order valence-electron chi connectivity index (χ0n) is 10.0. The molecule has 1 unspecified atom stereocenters. The lowest BCUT2D eigenvalue weighted by molar-refractivity contribution is 0.0941. The van der Waals surface area contributed by atoms with Crippen molar-refractivity contribution in [3.63, 3.8) is 0 Å². The predicted octanol–water partition coefficient (Wildman–Crippen LogP) is 1.14. The zero-order valence-corrected chi connectivity index (χ0v) is 10.0. The van der Waals surface area contributed by atoms with Crippen molar-refractivity contribution in [1.29, 1.82) is 0 Å². The lowest BCUT2D eigenvalue weighted by Crippen LogP contribution is -2.32. The second-order valence-electron chi connectivity index (χ2n) is 4.08. The standard InChI is InChI=1S/C13H14N2O3/c1-3-4-8(2)15-13(16)9-5-11-12(6-10(9)14)18-7-17-11/h1,5-6,8H,4,7,14H2,2H3,(H,15,16). The Hall–Kier alpha value is -2.35. The number of nitrogens with one attached hydrogen (secondary N) is 1. The summed E-state index contributed by atoms with van der Waals surface area (Å²) >= 11 is 0. The highest BCUT2D eigenvalue weighted by Gasteiger charge is 2.20.